The SMILES string of the molecule is CCC(C)(C)OCc1ccc(C#CCCO)s1. The lowest BCUT2D eigenvalue weighted by atomic mass is 10.1. The monoisotopic (exact) mass is 252 g/mol. The van der Waals surface area contributed by atoms with E-state index in [1.807, 2.05) is 6.07 Å². The van der Waals surface area contributed by atoms with Crippen LogP contribution in [0.25, 0.3) is 0 Å². The lowest BCUT2D eigenvalue weighted by Gasteiger charge is -2.22. The van der Waals surface area contributed by atoms with Crippen LogP contribution in [0.2, 0.25) is 0 Å². The van der Waals surface area contributed by atoms with E-state index < -0.39 is 0 Å². The first-order valence-electron chi connectivity index (χ1n) is 5.90. The smallest absolute Gasteiger partial charge is 0.0817 e. The summed E-state index contributed by atoms with van der Waals surface area (Å²) in [6.45, 7) is 7.09. The van der Waals surface area contributed by atoms with Crippen LogP contribution in [0, 0.1) is 11.8 Å². The highest BCUT2D eigenvalue weighted by Gasteiger charge is 2.15. The summed E-state index contributed by atoms with van der Waals surface area (Å²) in [6.07, 6.45) is 1.54. The molecule has 1 rings (SSSR count). The van der Waals surface area contributed by atoms with Crippen molar-refractivity contribution in [3.05, 3.63) is 21.9 Å². The Hall–Kier alpha value is -0.820. The zero-order valence-corrected chi connectivity index (χ0v) is 11.6. The van der Waals surface area contributed by atoms with Gasteiger partial charge in [-0.05, 0) is 32.4 Å². The first-order valence-corrected chi connectivity index (χ1v) is 6.71. The van der Waals surface area contributed by atoms with Crippen LogP contribution in [-0.2, 0) is 11.3 Å². The Balaban J connectivity index is 2.49. The van der Waals surface area contributed by atoms with E-state index in [1.54, 1.807) is 11.3 Å². The molecule has 0 saturated heterocycles. The van der Waals surface area contributed by atoms with Gasteiger partial charge in [-0.25, -0.2) is 0 Å². The van der Waals surface area contributed by atoms with Gasteiger partial charge in [0.15, 0.2) is 0 Å². The van der Waals surface area contributed by atoms with Gasteiger partial charge in [0.2, 0.25) is 0 Å². The topological polar surface area (TPSA) is 29.5 Å². The van der Waals surface area contributed by atoms with Crippen molar-refractivity contribution in [1.29, 1.82) is 0 Å². The molecule has 0 bridgehead atoms. The van der Waals surface area contributed by atoms with Crippen molar-refractivity contribution in [3.8, 4) is 11.8 Å². The molecule has 94 valence electrons. The Morgan fingerprint density at radius 2 is 2.18 bits per heavy atom. The second-order valence-electron chi connectivity index (χ2n) is 4.44. The van der Waals surface area contributed by atoms with Crippen LogP contribution in [0.4, 0.5) is 0 Å². The molecule has 1 aromatic rings. The maximum absolute atomic E-state index is 8.63. The highest BCUT2D eigenvalue weighted by atomic mass is 32.1. The number of hydrogen-bond donors (Lipinski definition) is 1. The number of aliphatic hydroxyl groups excluding tert-OH is 1. The molecular formula is C14H20O2S. The van der Waals surface area contributed by atoms with Crippen molar-refractivity contribution in [2.75, 3.05) is 6.61 Å². The van der Waals surface area contributed by atoms with Crippen LogP contribution in [0.1, 0.15) is 43.4 Å². The molecule has 0 aliphatic rings. The lowest BCUT2D eigenvalue weighted by Crippen LogP contribution is -2.22. The molecule has 1 N–H and O–H groups in total. The molecule has 0 aliphatic carbocycles. The minimum Gasteiger partial charge on any atom is -0.395 e. The Bertz CT molecular complexity index is 396. The Morgan fingerprint density at radius 3 is 2.82 bits per heavy atom. The summed E-state index contributed by atoms with van der Waals surface area (Å²) in [7, 11) is 0. The molecule has 0 aliphatic heterocycles. The van der Waals surface area contributed by atoms with E-state index in [-0.39, 0.29) is 12.2 Å². The number of ether oxygens (including phenoxy) is 1. The van der Waals surface area contributed by atoms with Gasteiger partial charge >= 0.3 is 0 Å². The van der Waals surface area contributed by atoms with E-state index in [1.165, 1.54) is 4.88 Å². The average molecular weight is 252 g/mol. The second-order valence-corrected chi connectivity index (χ2v) is 5.61. The van der Waals surface area contributed by atoms with Crippen LogP contribution < -0.4 is 0 Å². The second kappa shape index (κ2) is 6.80. The molecular weight excluding hydrogens is 232 g/mol. The molecule has 0 fully saturated rings. The summed E-state index contributed by atoms with van der Waals surface area (Å²) >= 11 is 1.65. The van der Waals surface area contributed by atoms with Gasteiger partial charge in [-0.3, -0.25) is 0 Å². The zero-order valence-electron chi connectivity index (χ0n) is 10.7. The predicted octanol–water partition coefficient (Wildman–Crippen LogP) is 3.19. The quantitative estimate of drug-likeness (QED) is 0.816. The van der Waals surface area contributed by atoms with E-state index in [9.17, 15) is 0 Å². The summed E-state index contributed by atoms with van der Waals surface area (Å²) in [5, 5.41) is 8.63. The van der Waals surface area contributed by atoms with Crippen LogP contribution >= 0.6 is 11.3 Å². The normalized spacial score (nSPS) is 11.1. The highest BCUT2D eigenvalue weighted by Crippen LogP contribution is 2.21. The first kappa shape index (κ1) is 14.2. The van der Waals surface area contributed by atoms with E-state index >= 15 is 0 Å². The van der Waals surface area contributed by atoms with Gasteiger partial charge in [0.05, 0.1) is 23.7 Å². The van der Waals surface area contributed by atoms with Crippen molar-refractivity contribution < 1.29 is 9.84 Å². The molecule has 3 heteroatoms. The van der Waals surface area contributed by atoms with Crippen molar-refractivity contribution in [3.63, 3.8) is 0 Å². The fourth-order valence-corrected chi connectivity index (χ4v) is 1.89. The zero-order chi connectivity index (χ0) is 12.7. The molecule has 17 heavy (non-hydrogen) atoms. The average Bonchev–Trinajstić information content (AvgIpc) is 2.75. The molecule has 1 heterocycles. The third-order valence-electron chi connectivity index (χ3n) is 2.57. The third-order valence-corrected chi connectivity index (χ3v) is 3.54. The van der Waals surface area contributed by atoms with Gasteiger partial charge in [0.1, 0.15) is 0 Å². The largest absolute Gasteiger partial charge is 0.395 e. The molecule has 0 radical (unpaired) electrons. The van der Waals surface area contributed by atoms with Gasteiger partial charge in [0.25, 0.3) is 0 Å². The molecule has 2 nitrogen and oxygen atoms in total. The summed E-state index contributed by atoms with van der Waals surface area (Å²) in [6, 6.07) is 4.06. The molecule has 0 unspecified atom stereocenters. The van der Waals surface area contributed by atoms with E-state index in [0.717, 1.165) is 11.3 Å². The number of aliphatic hydroxyl groups is 1. The Kier molecular flexibility index (Phi) is 5.70. The minimum absolute atomic E-state index is 0.0628. The fraction of sp³-hybridized carbons (Fsp3) is 0.571. The molecule has 1 aromatic heterocycles. The minimum atomic E-state index is -0.0628. The molecule has 0 aromatic carbocycles. The predicted molar refractivity (Wildman–Crippen MR) is 72.1 cm³/mol. The van der Waals surface area contributed by atoms with Crippen LogP contribution in [-0.4, -0.2) is 17.3 Å². The van der Waals surface area contributed by atoms with Gasteiger partial charge < -0.3 is 9.84 Å². The van der Waals surface area contributed by atoms with Crippen molar-refractivity contribution in [2.45, 2.75) is 45.8 Å². The van der Waals surface area contributed by atoms with Crippen LogP contribution in [0.3, 0.4) is 0 Å². The maximum Gasteiger partial charge on any atom is 0.0817 e. The standard InChI is InChI=1S/C14H20O2S/c1-4-14(2,3)16-11-13-9-8-12(17-13)7-5-6-10-15/h8-9,15H,4,6,10-11H2,1-3H3. The van der Waals surface area contributed by atoms with E-state index in [4.69, 9.17) is 9.84 Å². The Morgan fingerprint density at radius 1 is 1.41 bits per heavy atom. The molecule has 0 amide bonds. The van der Waals surface area contributed by atoms with Crippen LogP contribution in [0.5, 0.6) is 0 Å². The fourth-order valence-electron chi connectivity index (χ4n) is 1.10. The van der Waals surface area contributed by atoms with Gasteiger partial charge in [-0.1, -0.05) is 18.8 Å². The van der Waals surface area contributed by atoms with Crippen molar-refractivity contribution in [2.24, 2.45) is 0 Å². The maximum atomic E-state index is 8.63. The van der Waals surface area contributed by atoms with E-state index in [2.05, 4.69) is 38.7 Å². The number of rotatable bonds is 5. The number of thiophene rings is 1. The highest BCUT2D eigenvalue weighted by molar-refractivity contribution is 7.12. The number of hydrogen-bond acceptors (Lipinski definition) is 3. The molecule has 0 saturated carbocycles. The Labute approximate surface area is 108 Å². The van der Waals surface area contributed by atoms with Crippen molar-refractivity contribution in [1.82, 2.24) is 0 Å². The van der Waals surface area contributed by atoms with Gasteiger partial charge in [0, 0.05) is 11.3 Å². The first-order chi connectivity index (χ1) is 8.07. The summed E-state index contributed by atoms with van der Waals surface area (Å²) in [5.41, 5.74) is -0.0628. The third kappa shape index (κ3) is 5.36. The van der Waals surface area contributed by atoms with Crippen LogP contribution in [0.15, 0.2) is 12.1 Å². The van der Waals surface area contributed by atoms with Crippen molar-refractivity contribution >= 4 is 11.3 Å². The summed E-state index contributed by atoms with van der Waals surface area (Å²) in [5.74, 6) is 5.95. The lowest BCUT2D eigenvalue weighted by molar-refractivity contribution is -0.0304. The molecule has 0 spiro atoms. The van der Waals surface area contributed by atoms with Gasteiger partial charge in [-0.15, -0.1) is 11.3 Å². The van der Waals surface area contributed by atoms with E-state index in [0.29, 0.717) is 13.0 Å². The molecule has 0 atom stereocenters. The summed E-state index contributed by atoms with van der Waals surface area (Å²) < 4.78 is 5.83. The summed E-state index contributed by atoms with van der Waals surface area (Å²) in [4.78, 5) is 2.23. The van der Waals surface area contributed by atoms with Gasteiger partial charge in [-0.2, -0.15) is 0 Å².